The van der Waals surface area contributed by atoms with E-state index < -0.39 is 0 Å². The Morgan fingerprint density at radius 2 is 1.40 bits per heavy atom. The summed E-state index contributed by atoms with van der Waals surface area (Å²) in [7, 11) is 3.91. The lowest BCUT2D eigenvalue weighted by Gasteiger charge is -2.08. The largest absolute Gasteiger partial charge is 0.421 e. The topological polar surface area (TPSA) is 83.6 Å². The maximum atomic E-state index is 5.70. The van der Waals surface area contributed by atoms with E-state index in [1.165, 1.54) is 19.3 Å². The molecule has 3 rings (SSSR count). The fraction of sp³-hybridized carbons (Fsp3) is 0.348. The minimum absolute atomic E-state index is 0.799. The first-order chi connectivity index (χ1) is 14.6. The molecule has 1 heterocycles. The molecule has 30 heavy (non-hydrogen) atoms. The smallest absolute Gasteiger partial charge is 0.399 e. The summed E-state index contributed by atoms with van der Waals surface area (Å²) >= 11 is 0. The van der Waals surface area contributed by atoms with Crippen LogP contribution in [0.4, 0.5) is 28.7 Å². The molecule has 0 saturated heterocycles. The highest BCUT2D eigenvalue weighted by molar-refractivity contribution is 5.51. The number of nitrogens with two attached hydrogens (primary N) is 1. The first kappa shape index (κ1) is 21.4. The standard InChI is InChI=1S/C23H31N7/c1-29-17-18-30(2)23(29)28-27-22-13-11-21(12-14-22)26-16-6-4-3-5-15-25-20-9-7-19(24)8-10-20/h7-14,17-18H,3-6,15-16H2,1-2H3,(H3,24,25,26,27)/p+1. The van der Waals surface area contributed by atoms with E-state index in [1.807, 2.05) is 72.0 Å². The van der Waals surface area contributed by atoms with Crippen LogP contribution < -0.4 is 20.9 Å². The lowest BCUT2D eigenvalue weighted by atomic mass is 10.2. The molecular formula is C23H32N7+. The van der Waals surface area contributed by atoms with Crippen molar-refractivity contribution in [1.82, 2.24) is 4.57 Å². The third kappa shape index (κ3) is 6.62. The predicted molar refractivity (Wildman–Crippen MR) is 124 cm³/mol. The number of benzene rings is 2. The summed E-state index contributed by atoms with van der Waals surface area (Å²) < 4.78 is 3.88. The molecule has 0 unspecified atom stereocenters. The van der Waals surface area contributed by atoms with Gasteiger partial charge in [-0.3, -0.25) is 0 Å². The number of rotatable bonds is 11. The Labute approximate surface area is 178 Å². The lowest BCUT2D eigenvalue weighted by molar-refractivity contribution is -0.657. The van der Waals surface area contributed by atoms with E-state index in [2.05, 4.69) is 33.0 Å². The van der Waals surface area contributed by atoms with Crippen molar-refractivity contribution < 1.29 is 4.57 Å². The van der Waals surface area contributed by atoms with E-state index in [-0.39, 0.29) is 0 Å². The van der Waals surface area contributed by atoms with Gasteiger partial charge in [-0.1, -0.05) is 18.0 Å². The van der Waals surface area contributed by atoms with Gasteiger partial charge in [0, 0.05) is 35.3 Å². The first-order valence-corrected chi connectivity index (χ1v) is 10.5. The Hall–Kier alpha value is -3.35. The SMILES string of the molecule is Cn1cc[n+](C)c1N=Nc1ccc(NCCCCCCNc2ccc(N)cc2)cc1. The normalized spacial score (nSPS) is 11.1. The number of nitrogens with zero attached hydrogens (tertiary/aromatic N) is 4. The van der Waals surface area contributed by atoms with E-state index in [1.54, 1.807) is 0 Å². The van der Waals surface area contributed by atoms with Gasteiger partial charge >= 0.3 is 5.95 Å². The van der Waals surface area contributed by atoms with Crippen molar-refractivity contribution in [3.63, 3.8) is 0 Å². The molecular weight excluding hydrogens is 374 g/mol. The minimum Gasteiger partial charge on any atom is -0.399 e. The Morgan fingerprint density at radius 3 is 1.93 bits per heavy atom. The van der Waals surface area contributed by atoms with Gasteiger partial charge in [0.2, 0.25) is 0 Å². The Morgan fingerprint density at radius 1 is 0.833 bits per heavy atom. The molecule has 0 amide bonds. The molecule has 0 saturated carbocycles. The number of unbranched alkanes of at least 4 members (excludes halogenated alkanes) is 3. The number of azo groups is 1. The van der Waals surface area contributed by atoms with Crippen molar-refractivity contribution in [2.24, 2.45) is 24.3 Å². The minimum atomic E-state index is 0.799. The molecule has 3 aromatic rings. The summed E-state index contributed by atoms with van der Waals surface area (Å²) in [5, 5.41) is 15.5. The van der Waals surface area contributed by atoms with E-state index in [4.69, 9.17) is 5.73 Å². The number of hydrogen-bond acceptors (Lipinski definition) is 5. The van der Waals surface area contributed by atoms with Crippen LogP contribution in [0.5, 0.6) is 0 Å². The van der Waals surface area contributed by atoms with Gasteiger partial charge in [0.25, 0.3) is 0 Å². The molecule has 0 spiro atoms. The van der Waals surface area contributed by atoms with Gasteiger partial charge in [-0.25, -0.2) is 9.13 Å². The van der Waals surface area contributed by atoms with Crippen molar-refractivity contribution in [3.05, 3.63) is 60.9 Å². The second-order valence-electron chi connectivity index (χ2n) is 7.46. The van der Waals surface area contributed by atoms with Crippen molar-refractivity contribution in [2.45, 2.75) is 25.7 Å². The van der Waals surface area contributed by atoms with Gasteiger partial charge in [-0.15, -0.1) is 0 Å². The lowest BCUT2D eigenvalue weighted by Crippen LogP contribution is -2.25. The number of anilines is 3. The second kappa shape index (κ2) is 11.0. The number of aromatic nitrogens is 2. The van der Waals surface area contributed by atoms with Gasteiger partial charge in [-0.05, 0) is 61.4 Å². The highest BCUT2D eigenvalue weighted by atomic mass is 15.3. The second-order valence-corrected chi connectivity index (χ2v) is 7.46. The highest BCUT2D eigenvalue weighted by Crippen LogP contribution is 2.19. The monoisotopic (exact) mass is 406 g/mol. The van der Waals surface area contributed by atoms with Gasteiger partial charge < -0.3 is 16.4 Å². The van der Waals surface area contributed by atoms with Gasteiger partial charge in [-0.2, -0.15) is 0 Å². The number of hydrogen-bond donors (Lipinski definition) is 3. The van der Waals surface area contributed by atoms with Crippen LogP contribution in [-0.2, 0) is 14.1 Å². The first-order valence-electron chi connectivity index (χ1n) is 10.5. The average Bonchev–Trinajstić information content (AvgIpc) is 3.08. The van der Waals surface area contributed by atoms with E-state index in [0.717, 1.165) is 48.2 Å². The molecule has 0 bridgehead atoms. The van der Waals surface area contributed by atoms with E-state index >= 15 is 0 Å². The van der Waals surface area contributed by atoms with Crippen molar-refractivity contribution in [2.75, 3.05) is 29.5 Å². The van der Waals surface area contributed by atoms with E-state index in [0.29, 0.717) is 0 Å². The molecule has 0 aliphatic heterocycles. The van der Waals surface area contributed by atoms with Crippen LogP contribution >= 0.6 is 0 Å². The molecule has 0 aliphatic rings. The van der Waals surface area contributed by atoms with Crippen LogP contribution in [0.25, 0.3) is 0 Å². The van der Waals surface area contributed by atoms with Crippen LogP contribution in [0, 0.1) is 0 Å². The van der Waals surface area contributed by atoms with Gasteiger partial charge in [0.1, 0.15) is 5.69 Å². The van der Waals surface area contributed by atoms with Crippen LogP contribution in [-0.4, -0.2) is 17.7 Å². The molecule has 158 valence electrons. The van der Waals surface area contributed by atoms with Crippen molar-refractivity contribution >= 4 is 28.7 Å². The third-order valence-electron chi connectivity index (χ3n) is 4.94. The summed E-state index contributed by atoms with van der Waals surface area (Å²) in [6.45, 7) is 1.97. The van der Waals surface area contributed by atoms with Gasteiger partial charge in [0.15, 0.2) is 0 Å². The Kier molecular flexibility index (Phi) is 7.83. The molecule has 0 aliphatic carbocycles. The highest BCUT2D eigenvalue weighted by Gasteiger charge is 2.10. The molecule has 0 atom stereocenters. The fourth-order valence-corrected chi connectivity index (χ4v) is 3.14. The zero-order valence-corrected chi connectivity index (χ0v) is 17.9. The molecule has 0 fully saturated rings. The van der Waals surface area contributed by atoms with Crippen molar-refractivity contribution in [1.29, 1.82) is 0 Å². The maximum absolute atomic E-state index is 5.70. The predicted octanol–water partition coefficient (Wildman–Crippen LogP) is 4.93. The molecule has 7 nitrogen and oxygen atoms in total. The number of nitrogens with one attached hydrogen (secondary N) is 2. The molecule has 7 heteroatoms. The number of aryl methyl sites for hydroxylation is 2. The van der Waals surface area contributed by atoms with E-state index in [9.17, 15) is 0 Å². The Balaban J connectivity index is 1.28. The molecule has 4 N–H and O–H groups in total. The average molecular weight is 407 g/mol. The van der Waals surface area contributed by atoms with Crippen LogP contribution in [0.2, 0.25) is 0 Å². The number of nitrogen functional groups attached to an aromatic ring is 1. The molecule has 1 aromatic heterocycles. The Bertz CT molecular complexity index is 908. The molecule has 0 radical (unpaired) electrons. The van der Waals surface area contributed by atoms with Crippen LogP contribution in [0.15, 0.2) is 71.2 Å². The zero-order chi connectivity index (χ0) is 21.2. The van der Waals surface area contributed by atoms with Crippen molar-refractivity contribution in [3.8, 4) is 0 Å². The summed E-state index contributed by atoms with van der Waals surface area (Å²) in [6, 6.07) is 16.0. The maximum Gasteiger partial charge on any atom is 0.421 e. The number of imidazole rings is 1. The quantitative estimate of drug-likeness (QED) is 0.183. The summed E-state index contributed by atoms with van der Waals surface area (Å²) in [5.41, 5.74) is 9.58. The fourth-order valence-electron chi connectivity index (χ4n) is 3.14. The zero-order valence-electron chi connectivity index (χ0n) is 17.9. The van der Waals surface area contributed by atoms with Gasteiger partial charge in [0.05, 0.1) is 26.5 Å². The summed E-state index contributed by atoms with van der Waals surface area (Å²) in [5.74, 6) is 0.806. The van der Waals surface area contributed by atoms with Crippen LogP contribution in [0.3, 0.4) is 0 Å². The van der Waals surface area contributed by atoms with Crippen LogP contribution in [0.1, 0.15) is 25.7 Å². The molecule has 2 aromatic carbocycles. The summed E-state index contributed by atoms with van der Waals surface area (Å²) in [4.78, 5) is 0. The summed E-state index contributed by atoms with van der Waals surface area (Å²) in [6.07, 6.45) is 8.68. The third-order valence-corrected chi connectivity index (χ3v) is 4.94.